The van der Waals surface area contributed by atoms with E-state index in [1.807, 2.05) is 0 Å². The predicted octanol–water partition coefficient (Wildman–Crippen LogP) is 3.82. The zero-order chi connectivity index (χ0) is 22.7. The van der Waals surface area contributed by atoms with Crippen molar-refractivity contribution in [2.24, 2.45) is 0 Å². The average Bonchev–Trinajstić information content (AvgIpc) is 2.65. The number of hydrogen-bond acceptors (Lipinski definition) is 3. The Kier molecular flexibility index (Phi) is 6.82. The van der Waals surface area contributed by atoms with Gasteiger partial charge >= 0.3 is 12.4 Å². The molecule has 1 amide bonds. The van der Waals surface area contributed by atoms with Crippen LogP contribution >= 0.6 is 0 Å². The van der Waals surface area contributed by atoms with Crippen LogP contribution in [0.5, 0.6) is 0 Å². The lowest BCUT2D eigenvalue weighted by Crippen LogP contribution is -2.33. The molecule has 2 rings (SSSR count). The van der Waals surface area contributed by atoms with E-state index >= 15 is 0 Å². The molecule has 0 aliphatic carbocycles. The molecule has 0 unspecified atom stereocenters. The molecule has 0 saturated heterocycles. The van der Waals surface area contributed by atoms with Crippen LogP contribution in [0.1, 0.15) is 21.5 Å². The Labute approximate surface area is 168 Å². The highest BCUT2D eigenvalue weighted by atomic mass is 32.2. The molecule has 2 aromatic carbocycles. The van der Waals surface area contributed by atoms with Gasteiger partial charge in [0.1, 0.15) is 6.54 Å². The minimum atomic E-state index is -4.59. The minimum absolute atomic E-state index is 0.0451. The molecule has 12 heteroatoms. The van der Waals surface area contributed by atoms with Crippen LogP contribution in [0.4, 0.5) is 26.3 Å². The molecule has 0 bridgehead atoms. The molecule has 0 atom stereocenters. The molecule has 1 N–H and O–H groups in total. The third kappa shape index (κ3) is 6.20. The molecule has 164 valence electrons. The standard InChI is InChI=1S/C18H16F6N2O3S/c1-26(30(28,29)15-8-6-14(7-9-15)18(22,23)24)10-12-2-4-13(5-3-12)16(27)25-11-17(19,20)21/h2-9H,10-11H2,1H3,(H,25,27). The van der Waals surface area contributed by atoms with Crippen LogP contribution in [-0.4, -0.2) is 38.4 Å². The lowest BCUT2D eigenvalue weighted by atomic mass is 10.1. The molecule has 30 heavy (non-hydrogen) atoms. The number of amides is 1. The predicted molar refractivity (Wildman–Crippen MR) is 94.9 cm³/mol. The number of nitrogens with zero attached hydrogens (tertiary/aromatic N) is 1. The first-order chi connectivity index (χ1) is 13.7. The highest BCUT2D eigenvalue weighted by molar-refractivity contribution is 7.89. The summed E-state index contributed by atoms with van der Waals surface area (Å²) in [6.07, 6.45) is -9.15. The molecule has 0 aliphatic heterocycles. The first-order valence-corrected chi connectivity index (χ1v) is 9.71. The smallest absolute Gasteiger partial charge is 0.343 e. The van der Waals surface area contributed by atoms with Crippen LogP contribution in [-0.2, 0) is 22.7 Å². The summed E-state index contributed by atoms with van der Waals surface area (Å²) in [4.78, 5) is 11.3. The van der Waals surface area contributed by atoms with Gasteiger partial charge in [-0.1, -0.05) is 12.1 Å². The second-order valence-electron chi connectivity index (χ2n) is 6.28. The summed E-state index contributed by atoms with van der Waals surface area (Å²) in [7, 11) is -2.87. The van der Waals surface area contributed by atoms with Crippen molar-refractivity contribution in [2.75, 3.05) is 13.6 Å². The maximum Gasteiger partial charge on any atom is 0.416 e. The van der Waals surface area contributed by atoms with Crippen LogP contribution in [0.3, 0.4) is 0 Å². The number of halogens is 6. The van der Waals surface area contributed by atoms with Crippen molar-refractivity contribution < 1.29 is 39.6 Å². The molecule has 0 radical (unpaired) electrons. The van der Waals surface area contributed by atoms with Crippen LogP contribution in [0, 0.1) is 0 Å². The molecular weight excluding hydrogens is 438 g/mol. The number of carbonyl (C=O) groups is 1. The van der Waals surface area contributed by atoms with Gasteiger partial charge in [0.05, 0.1) is 10.5 Å². The van der Waals surface area contributed by atoms with Gasteiger partial charge in [0.25, 0.3) is 5.91 Å². The van der Waals surface area contributed by atoms with Crippen molar-refractivity contribution in [3.8, 4) is 0 Å². The Morgan fingerprint density at radius 3 is 1.93 bits per heavy atom. The van der Waals surface area contributed by atoms with Crippen LogP contribution in [0.25, 0.3) is 0 Å². The summed E-state index contributed by atoms with van der Waals surface area (Å²) >= 11 is 0. The number of benzene rings is 2. The third-order valence-corrected chi connectivity index (χ3v) is 5.78. The number of hydrogen-bond donors (Lipinski definition) is 1. The van der Waals surface area contributed by atoms with E-state index in [2.05, 4.69) is 0 Å². The quantitative estimate of drug-likeness (QED) is 0.675. The minimum Gasteiger partial charge on any atom is -0.343 e. The van der Waals surface area contributed by atoms with E-state index in [1.165, 1.54) is 31.3 Å². The van der Waals surface area contributed by atoms with E-state index < -0.39 is 40.4 Å². The SMILES string of the molecule is CN(Cc1ccc(C(=O)NCC(F)(F)F)cc1)S(=O)(=O)c1ccc(C(F)(F)F)cc1. The van der Waals surface area contributed by atoms with Crippen molar-refractivity contribution in [3.63, 3.8) is 0 Å². The molecule has 0 heterocycles. The zero-order valence-corrected chi connectivity index (χ0v) is 16.2. The summed E-state index contributed by atoms with van der Waals surface area (Å²) in [5.41, 5.74) is -0.611. The Bertz CT molecular complexity index is 985. The van der Waals surface area contributed by atoms with Gasteiger partial charge in [0, 0.05) is 19.2 Å². The van der Waals surface area contributed by atoms with Crippen LogP contribution < -0.4 is 5.32 Å². The second kappa shape index (κ2) is 8.64. The van der Waals surface area contributed by atoms with Crippen molar-refractivity contribution in [2.45, 2.75) is 23.8 Å². The van der Waals surface area contributed by atoms with Gasteiger partial charge in [-0.05, 0) is 42.0 Å². The molecule has 0 spiro atoms. The summed E-state index contributed by atoms with van der Waals surface area (Å²) in [5.74, 6) is -0.940. The van der Waals surface area contributed by atoms with Gasteiger partial charge in [-0.25, -0.2) is 8.42 Å². The van der Waals surface area contributed by atoms with Gasteiger partial charge < -0.3 is 5.32 Å². The summed E-state index contributed by atoms with van der Waals surface area (Å²) in [6, 6.07) is 8.22. The lowest BCUT2D eigenvalue weighted by Gasteiger charge is -2.18. The number of rotatable bonds is 6. The highest BCUT2D eigenvalue weighted by Crippen LogP contribution is 2.30. The van der Waals surface area contributed by atoms with Gasteiger partial charge in [-0.15, -0.1) is 0 Å². The third-order valence-electron chi connectivity index (χ3n) is 3.96. The molecular formula is C18H16F6N2O3S. The zero-order valence-electron chi connectivity index (χ0n) is 15.4. The van der Waals surface area contributed by atoms with Crippen molar-refractivity contribution in [1.82, 2.24) is 9.62 Å². The number of sulfonamides is 1. The Hall–Kier alpha value is -2.60. The number of nitrogens with one attached hydrogen (secondary N) is 1. The molecule has 0 fully saturated rings. The topological polar surface area (TPSA) is 66.5 Å². The van der Waals surface area contributed by atoms with E-state index in [0.29, 0.717) is 17.7 Å². The summed E-state index contributed by atoms with van der Waals surface area (Å²) in [6.45, 7) is -1.66. The number of carbonyl (C=O) groups excluding carboxylic acids is 1. The lowest BCUT2D eigenvalue weighted by molar-refractivity contribution is -0.137. The first-order valence-electron chi connectivity index (χ1n) is 8.27. The van der Waals surface area contributed by atoms with Gasteiger partial charge in [0.2, 0.25) is 10.0 Å². The monoisotopic (exact) mass is 454 g/mol. The Morgan fingerprint density at radius 1 is 0.933 bits per heavy atom. The summed E-state index contributed by atoms with van der Waals surface area (Å²) < 4.78 is 100. The average molecular weight is 454 g/mol. The fourth-order valence-corrected chi connectivity index (χ4v) is 3.54. The largest absolute Gasteiger partial charge is 0.416 e. The number of alkyl halides is 6. The van der Waals surface area contributed by atoms with Gasteiger partial charge in [-0.3, -0.25) is 4.79 Å². The highest BCUT2D eigenvalue weighted by Gasteiger charge is 2.31. The van der Waals surface area contributed by atoms with Crippen LogP contribution in [0.2, 0.25) is 0 Å². The maximum absolute atomic E-state index is 12.6. The molecule has 0 saturated carbocycles. The van der Waals surface area contributed by atoms with Crippen molar-refractivity contribution >= 4 is 15.9 Å². The van der Waals surface area contributed by atoms with Crippen LogP contribution in [0.15, 0.2) is 53.4 Å². The first kappa shape index (κ1) is 23.7. The van der Waals surface area contributed by atoms with E-state index in [1.54, 1.807) is 5.32 Å². The van der Waals surface area contributed by atoms with E-state index in [4.69, 9.17) is 0 Å². The Morgan fingerprint density at radius 2 is 1.47 bits per heavy atom. The van der Waals surface area contributed by atoms with E-state index in [0.717, 1.165) is 16.4 Å². The fourth-order valence-electron chi connectivity index (χ4n) is 2.38. The summed E-state index contributed by atoms with van der Waals surface area (Å²) in [5, 5.41) is 1.71. The van der Waals surface area contributed by atoms with E-state index in [-0.39, 0.29) is 17.0 Å². The maximum atomic E-state index is 12.6. The Balaban J connectivity index is 2.07. The van der Waals surface area contributed by atoms with Gasteiger partial charge in [0.15, 0.2) is 0 Å². The molecule has 2 aromatic rings. The normalized spacial score (nSPS) is 12.8. The fraction of sp³-hybridized carbons (Fsp3) is 0.278. The molecule has 5 nitrogen and oxygen atoms in total. The van der Waals surface area contributed by atoms with Crippen molar-refractivity contribution in [1.29, 1.82) is 0 Å². The molecule has 0 aliphatic rings. The molecule has 0 aromatic heterocycles. The van der Waals surface area contributed by atoms with E-state index in [9.17, 15) is 39.6 Å². The second-order valence-corrected chi connectivity index (χ2v) is 8.32. The van der Waals surface area contributed by atoms with Gasteiger partial charge in [-0.2, -0.15) is 30.6 Å². The van der Waals surface area contributed by atoms with Crippen molar-refractivity contribution in [3.05, 3.63) is 65.2 Å².